The number of amides is 1. The summed E-state index contributed by atoms with van der Waals surface area (Å²) < 4.78 is 0. The van der Waals surface area contributed by atoms with Crippen LogP contribution in [0.1, 0.15) is 13.3 Å². The van der Waals surface area contributed by atoms with E-state index in [1.807, 2.05) is 5.01 Å². The van der Waals surface area contributed by atoms with E-state index in [4.69, 9.17) is 5.73 Å². The van der Waals surface area contributed by atoms with Crippen molar-refractivity contribution < 1.29 is 4.79 Å². The van der Waals surface area contributed by atoms with Crippen LogP contribution in [0.3, 0.4) is 0 Å². The number of carbonyl (C=O) groups excluding carboxylic acids is 1. The van der Waals surface area contributed by atoms with Gasteiger partial charge in [-0.15, -0.1) is 0 Å². The fraction of sp³-hybridized carbons (Fsp3) is 0.833. The van der Waals surface area contributed by atoms with Gasteiger partial charge in [0.2, 0.25) is 0 Å². The van der Waals surface area contributed by atoms with E-state index in [0.717, 1.165) is 13.1 Å². The van der Waals surface area contributed by atoms with Gasteiger partial charge in [-0.1, -0.05) is 0 Å². The molecular weight excluding hydrogens is 130 g/mol. The molecule has 0 aliphatic carbocycles. The van der Waals surface area contributed by atoms with Crippen LogP contribution in [-0.2, 0) is 4.79 Å². The first-order valence-corrected chi connectivity index (χ1v) is 3.51. The van der Waals surface area contributed by atoms with E-state index in [1.165, 1.54) is 6.42 Å². The van der Waals surface area contributed by atoms with Crippen LogP contribution in [0.15, 0.2) is 0 Å². The molecular formula is C6H13N3O. The van der Waals surface area contributed by atoms with Gasteiger partial charge in [-0.05, 0) is 13.3 Å². The monoisotopic (exact) mass is 143 g/mol. The molecule has 4 heteroatoms. The van der Waals surface area contributed by atoms with E-state index >= 15 is 0 Å². The molecule has 10 heavy (non-hydrogen) atoms. The molecule has 0 aromatic heterocycles. The first kappa shape index (κ1) is 7.50. The van der Waals surface area contributed by atoms with Crippen molar-refractivity contribution in [1.29, 1.82) is 0 Å². The predicted octanol–water partition coefficient (Wildman–Crippen LogP) is -0.929. The van der Waals surface area contributed by atoms with Gasteiger partial charge in [0, 0.05) is 13.1 Å². The van der Waals surface area contributed by atoms with Gasteiger partial charge < -0.3 is 5.73 Å². The quantitative estimate of drug-likeness (QED) is 0.525. The standard InChI is InChI=1S/C6H13N3O/c1-5(7)6(10)8-9-3-2-4-9/h5H,2-4,7H2,1H3,(H,8,10)/t5-/m1/s1. The largest absolute Gasteiger partial charge is 0.320 e. The first-order chi connectivity index (χ1) is 4.70. The Morgan fingerprint density at radius 1 is 1.70 bits per heavy atom. The predicted molar refractivity (Wildman–Crippen MR) is 38.0 cm³/mol. The SMILES string of the molecule is C[C@@H](N)C(=O)NN1CCC1. The number of hydrazine groups is 1. The van der Waals surface area contributed by atoms with Crippen LogP contribution in [0, 0.1) is 0 Å². The van der Waals surface area contributed by atoms with Gasteiger partial charge in [-0.3, -0.25) is 10.2 Å². The van der Waals surface area contributed by atoms with Gasteiger partial charge in [-0.2, -0.15) is 0 Å². The summed E-state index contributed by atoms with van der Waals surface area (Å²) in [6.45, 7) is 3.59. The van der Waals surface area contributed by atoms with Crippen LogP contribution in [0.2, 0.25) is 0 Å². The highest BCUT2D eigenvalue weighted by Gasteiger charge is 2.17. The lowest BCUT2D eigenvalue weighted by atomic mass is 10.3. The number of hydrogen-bond acceptors (Lipinski definition) is 3. The Hall–Kier alpha value is -0.610. The van der Waals surface area contributed by atoms with Gasteiger partial charge in [0.05, 0.1) is 6.04 Å². The Morgan fingerprint density at radius 2 is 2.30 bits per heavy atom. The third kappa shape index (κ3) is 1.68. The average molecular weight is 143 g/mol. The summed E-state index contributed by atoms with van der Waals surface area (Å²) in [5.74, 6) is -0.0975. The van der Waals surface area contributed by atoms with E-state index in [1.54, 1.807) is 6.92 Å². The summed E-state index contributed by atoms with van der Waals surface area (Å²) in [6.07, 6.45) is 1.17. The molecule has 0 bridgehead atoms. The molecule has 0 saturated carbocycles. The van der Waals surface area contributed by atoms with Crippen molar-refractivity contribution in [2.45, 2.75) is 19.4 Å². The zero-order chi connectivity index (χ0) is 7.56. The molecule has 1 rings (SSSR count). The summed E-state index contributed by atoms with van der Waals surface area (Å²) in [4.78, 5) is 10.9. The molecule has 1 aliphatic rings. The van der Waals surface area contributed by atoms with Crippen molar-refractivity contribution in [1.82, 2.24) is 10.4 Å². The first-order valence-electron chi connectivity index (χ1n) is 3.51. The molecule has 0 aromatic rings. The summed E-state index contributed by atoms with van der Waals surface area (Å²) in [7, 11) is 0. The van der Waals surface area contributed by atoms with E-state index in [0.29, 0.717) is 0 Å². The van der Waals surface area contributed by atoms with Crippen molar-refractivity contribution in [2.75, 3.05) is 13.1 Å². The Labute approximate surface area is 60.3 Å². The lowest BCUT2D eigenvalue weighted by Crippen LogP contribution is -2.54. The lowest BCUT2D eigenvalue weighted by molar-refractivity contribution is -0.128. The molecule has 4 nitrogen and oxygen atoms in total. The van der Waals surface area contributed by atoms with Gasteiger partial charge in [0.15, 0.2) is 0 Å². The minimum Gasteiger partial charge on any atom is -0.320 e. The maximum Gasteiger partial charge on any atom is 0.250 e. The van der Waals surface area contributed by atoms with Gasteiger partial charge >= 0.3 is 0 Å². The Balaban J connectivity index is 2.17. The molecule has 0 unspecified atom stereocenters. The molecule has 1 atom stereocenters. The van der Waals surface area contributed by atoms with Crippen molar-refractivity contribution >= 4 is 5.91 Å². The van der Waals surface area contributed by atoms with Crippen LogP contribution in [0.4, 0.5) is 0 Å². The second-order valence-corrected chi connectivity index (χ2v) is 2.61. The van der Waals surface area contributed by atoms with E-state index in [-0.39, 0.29) is 5.91 Å². The molecule has 1 fully saturated rings. The topological polar surface area (TPSA) is 58.4 Å². The molecule has 1 amide bonds. The number of nitrogens with two attached hydrogens (primary N) is 1. The number of rotatable bonds is 2. The van der Waals surface area contributed by atoms with E-state index < -0.39 is 6.04 Å². The highest BCUT2D eigenvalue weighted by Crippen LogP contribution is 2.00. The van der Waals surface area contributed by atoms with Crippen LogP contribution in [0.25, 0.3) is 0 Å². The molecule has 3 N–H and O–H groups in total. The Bertz CT molecular complexity index is 131. The highest BCUT2D eigenvalue weighted by molar-refractivity contribution is 5.80. The number of nitrogens with one attached hydrogen (secondary N) is 1. The summed E-state index contributed by atoms with van der Waals surface area (Å²) in [5, 5.41) is 1.87. The van der Waals surface area contributed by atoms with Crippen molar-refractivity contribution in [3.05, 3.63) is 0 Å². The van der Waals surface area contributed by atoms with Gasteiger partial charge in [-0.25, -0.2) is 5.01 Å². The number of nitrogens with zero attached hydrogens (tertiary/aromatic N) is 1. The van der Waals surface area contributed by atoms with Gasteiger partial charge in [0.1, 0.15) is 0 Å². The van der Waals surface area contributed by atoms with Crippen LogP contribution >= 0.6 is 0 Å². The Kier molecular flexibility index (Phi) is 2.24. The lowest BCUT2D eigenvalue weighted by Gasteiger charge is -2.31. The Morgan fingerprint density at radius 3 is 2.60 bits per heavy atom. The second kappa shape index (κ2) is 2.98. The zero-order valence-corrected chi connectivity index (χ0v) is 6.13. The number of hydrogen-bond donors (Lipinski definition) is 2. The maximum absolute atomic E-state index is 10.9. The van der Waals surface area contributed by atoms with Crippen LogP contribution < -0.4 is 11.2 Å². The summed E-state index contributed by atoms with van der Waals surface area (Å²) in [6, 6.07) is -0.402. The molecule has 0 aromatic carbocycles. The molecule has 58 valence electrons. The van der Waals surface area contributed by atoms with Crippen molar-refractivity contribution in [2.24, 2.45) is 5.73 Å². The van der Waals surface area contributed by atoms with Gasteiger partial charge in [0.25, 0.3) is 5.91 Å². The third-order valence-corrected chi connectivity index (χ3v) is 1.54. The third-order valence-electron chi connectivity index (χ3n) is 1.54. The molecule has 0 radical (unpaired) electrons. The van der Waals surface area contributed by atoms with E-state index in [2.05, 4.69) is 5.43 Å². The average Bonchev–Trinajstić information content (AvgIpc) is 1.77. The van der Waals surface area contributed by atoms with Crippen LogP contribution in [-0.4, -0.2) is 30.0 Å². The normalized spacial score (nSPS) is 21.4. The number of carbonyl (C=O) groups is 1. The highest BCUT2D eigenvalue weighted by atomic mass is 16.2. The maximum atomic E-state index is 10.9. The second-order valence-electron chi connectivity index (χ2n) is 2.61. The minimum absolute atomic E-state index is 0.0975. The van der Waals surface area contributed by atoms with E-state index in [9.17, 15) is 4.79 Å². The summed E-state index contributed by atoms with van der Waals surface area (Å²) in [5.41, 5.74) is 8.01. The fourth-order valence-electron chi connectivity index (χ4n) is 0.686. The van der Waals surface area contributed by atoms with Crippen molar-refractivity contribution in [3.8, 4) is 0 Å². The summed E-state index contributed by atoms with van der Waals surface area (Å²) >= 11 is 0. The molecule has 1 heterocycles. The fourth-order valence-corrected chi connectivity index (χ4v) is 0.686. The molecule has 0 spiro atoms. The van der Waals surface area contributed by atoms with Crippen molar-refractivity contribution in [3.63, 3.8) is 0 Å². The smallest absolute Gasteiger partial charge is 0.250 e. The molecule has 1 saturated heterocycles. The minimum atomic E-state index is -0.402. The van der Waals surface area contributed by atoms with Crippen LogP contribution in [0.5, 0.6) is 0 Å². The zero-order valence-electron chi connectivity index (χ0n) is 6.13. The molecule has 1 aliphatic heterocycles.